The summed E-state index contributed by atoms with van der Waals surface area (Å²) in [5.41, 5.74) is 0.786. The molecule has 0 saturated heterocycles. The fraction of sp³-hybridized carbons (Fsp3) is 0.300. The number of benzene rings is 1. The van der Waals surface area contributed by atoms with Crippen LogP contribution in [-0.4, -0.2) is 25.9 Å². The molecule has 1 aromatic carbocycles. The standard InChI is InChI=1S/C10H11NO3S/c1-13-7-3-6-9(4-8(7)14-2)15-5-10(12)11-6/h3-4H,5H2,1-2H3,(H,11,12). The number of nitrogens with one attached hydrogen (secondary N) is 1. The first-order chi connectivity index (χ1) is 7.24. The van der Waals surface area contributed by atoms with E-state index in [-0.39, 0.29) is 5.91 Å². The maximum absolute atomic E-state index is 11.2. The summed E-state index contributed by atoms with van der Waals surface area (Å²) >= 11 is 1.50. The van der Waals surface area contributed by atoms with Gasteiger partial charge in [0.15, 0.2) is 11.5 Å². The lowest BCUT2D eigenvalue weighted by Crippen LogP contribution is -2.18. The lowest BCUT2D eigenvalue weighted by Gasteiger charge is -2.18. The Balaban J connectivity index is 2.45. The highest BCUT2D eigenvalue weighted by Gasteiger charge is 2.18. The number of thioether (sulfide) groups is 1. The zero-order valence-corrected chi connectivity index (χ0v) is 9.31. The summed E-state index contributed by atoms with van der Waals surface area (Å²) in [6.45, 7) is 0. The Labute approximate surface area is 91.9 Å². The zero-order valence-electron chi connectivity index (χ0n) is 8.49. The minimum Gasteiger partial charge on any atom is -0.493 e. The Kier molecular flexibility index (Phi) is 2.73. The molecule has 0 unspecified atom stereocenters. The van der Waals surface area contributed by atoms with Crippen LogP contribution in [0.15, 0.2) is 17.0 Å². The molecule has 15 heavy (non-hydrogen) atoms. The molecule has 1 N–H and O–H groups in total. The van der Waals surface area contributed by atoms with Crippen LogP contribution in [0.1, 0.15) is 0 Å². The van der Waals surface area contributed by atoms with Crippen LogP contribution in [0, 0.1) is 0 Å². The molecule has 0 saturated carbocycles. The lowest BCUT2D eigenvalue weighted by atomic mass is 10.2. The average Bonchev–Trinajstić information content (AvgIpc) is 2.27. The maximum Gasteiger partial charge on any atom is 0.234 e. The van der Waals surface area contributed by atoms with Gasteiger partial charge in [0.1, 0.15) is 0 Å². The smallest absolute Gasteiger partial charge is 0.234 e. The molecule has 0 fully saturated rings. The first-order valence-electron chi connectivity index (χ1n) is 4.43. The van der Waals surface area contributed by atoms with Gasteiger partial charge in [-0.1, -0.05) is 0 Å². The third-order valence-corrected chi connectivity index (χ3v) is 3.17. The van der Waals surface area contributed by atoms with Crippen LogP contribution >= 0.6 is 11.8 Å². The van der Waals surface area contributed by atoms with Gasteiger partial charge in [-0.15, -0.1) is 11.8 Å². The highest BCUT2D eigenvalue weighted by molar-refractivity contribution is 8.00. The van der Waals surface area contributed by atoms with Crippen molar-refractivity contribution in [1.82, 2.24) is 0 Å². The van der Waals surface area contributed by atoms with Crippen molar-refractivity contribution in [2.75, 3.05) is 25.3 Å². The predicted molar refractivity (Wildman–Crippen MR) is 58.9 cm³/mol. The second kappa shape index (κ2) is 4.02. The van der Waals surface area contributed by atoms with Crippen LogP contribution in [0.5, 0.6) is 11.5 Å². The number of rotatable bonds is 2. The Morgan fingerprint density at radius 3 is 2.60 bits per heavy atom. The van der Waals surface area contributed by atoms with Gasteiger partial charge in [0.2, 0.25) is 5.91 Å². The molecule has 1 aromatic rings. The van der Waals surface area contributed by atoms with Gasteiger partial charge in [-0.25, -0.2) is 0 Å². The topological polar surface area (TPSA) is 47.6 Å². The highest BCUT2D eigenvalue weighted by atomic mass is 32.2. The molecule has 0 atom stereocenters. The molecular formula is C10H11NO3S. The molecule has 2 rings (SSSR count). The number of amides is 1. The molecule has 0 aromatic heterocycles. The summed E-state index contributed by atoms with van der Waals surface area (Å²) < 4.78 is 10.3. The molecule has 0 aliphatic carbocycles. The fourth-order valence-corrected chi connectivity index (χ4v) is 2.22. The van der Waals surface area contributed by atoms with Crippen molar-refractivity contribution >= 4 is 23.4 Å². The van der Waals surface area contributed by atoms with Crippen LogP contribution in [0.3, 0.4) is 0 Å². The van der Waals surface area contributed by atoms with Gasteiger partial charge in [0, 0.05) is 11.0 Å². The van der Waals surface area contributed by atoms with E-state index in [1.165, 1.54) is 11.8 Å². The van der Waals surface area contributed by atoms with Crippen molar-refractivity contribution in [2.45, 2.75) is 4.90 Å². The summed E-state index contributed by atoms with van der Waals surface area (Å²) in [7, 11) is 3.17. The van der Waals surface area contributed by atoms with Crippen molar-refractivity contribution in [2.24, 2.45) is 0 Å². The number of anilines is 1. The van der Waals surface area contributed by atoms with Crippen molar-refractivity contribution in [3.05, 3.63) is 12.1 Å². The first-order valence-corrected chi connectivity index (χ1v) is 5.42. The molecule has 0 bridgehead atoms. The van der Waals surface area contributed by atoms with Gasteiger partial charge in [0.25, 0.3) is 0 Å². The Hall–Kier alpha value is -1.36. The van der Waals surface area contributed by atoms with Crippen LogP contribution < -0.4 is 14.8 Å². The molecule has 1 heterocycles. The molecule has 0 radical (unpaired) electrons. The third kappa shape index (κ3) is 1.87. The predicted octanol–water partition coefficient (Wildman–Crippen LogP) is 1.75. The van der Waals surface area contributed by atoms with Crippen molar-refractivity contribution < 1.29 is 14.3 Å². The van der Waals surface area contributed by atoms with Gasteiger partial charge >= 0.3 is 0 Å². The zero-order chi connectivity index (χ0) is 10.8. The monoisotopic (exact) mass is 225 g/mol. The summed E-state index contributed by atoms with van der Waals surface area (Å²) in [5, 5.41) is 2.79. The minimum absolute atomic E-state index is 0.0136. The van der Waals surface area contributed by atoms with Gasteiger partial charge in [-0.05, 0) is 6.07 Å². The molecule has 1 aliphatic heterocycles. The first kappa shape index (κ1) is 10.2. The van der Waals surface area contributed by atoms with Gasteiger partial charge in [-0.3, -0.25) is 4.79 Å². The van der Waals surface area contributed by atoms with Crippen LogP contribution in [0.4, 0.5) is 5.69 Å². The number of hydrogen-bond acceptors (Lipinski definition) is 4. The molecule has 5 heteroatoms. The van der Waals surface area contributed by atoms with E-state index in [4.69, 9.17) is 9.47 Å². The maximum atomic E-state index is 11.2. The van der Waals surface area contributed by atoms with E-state index in [0.29, 0.717) is 17.3 Å². The van der Waals surface area contributed by atoms with E-state index in [1.54, 1.807) is 20.3 Å². The number of ether oxygens (including phenoxy) is 2. The van der Waals surface area contributed by atoms with E-state index in [9.17, 15) is 4.79 Å². The minimum atomic E-state index is 0.0136. The molecule has 4 nitrogen and oxygen atoms in total. The number of carbonyl (C=O) groups is 1. The Morgan fingerprint density at radius 1 is 1.27 bits per heavy atom. The molecule has 0 spiro atoms. The van der Waals surface area contributed by atoms with Crippen molar-refractivity contribution in [1.29, 1.82) is 0 Å². The van der Waals surface area contributed by atoms with Gasteiger partial charge in [-0.2, -0.15) is 0 Å². The van der Waals surface area contributed by atoms with E-state index >= 15 is 0 Å². The number of methoxy groups -OCH3 is 2. The second-order valence-corrected chi connectivity index (χ2v) is 4.06. The normalized spacial score (nSPS) is 14.1. The highest BCUT2D eigenvalue weighted by Crippen LogP contribution is 2.40. The molecule has 1 aliphatic rings. The van der Waals surface area contributed by atoms with Gasteiger partial charge in [0.05, 0.1) is 25.7 Å². The van der Waals surface area contributed by atoms with Crippen LogP contribution in [-0.2, 0) is 4.79 Å². The Bertz CT molecular complexity index is 406. The van der Waals surface area contributed by atoms with Crippen LogP contribution in [0.2, 0.25) is 0 Å². The molecule has 1 amide bonds. The summed E-state index contributed by atoms with van der Waals surface area (Å²) in [6.07, 6.45) is 0. The quantitative estimate of drug-likeness (QED) is 0.833. The lowest BCUT2D eigenvalue weighted by molar-refractivity contribution is -0.113. The van der Waals surface area contributed by atoms with E-state index in [0.717, 1.165) is 10.6 Å². The fourth-order valence-electron chi connectivity index (χ4n) is 1.41. The second-order valence-electron chi connectivity index (χ2n) is 3.04. The number of fused-ring (bicyclic) bond motifs is 1. The molecule has 80 valence electrons. The van der Waals surface area contributed by atoms with Crippen molar-refractivity contribution in [3.8, 4) is 11.5 Å². The number of carbonyl (C=O) groups excluding carboxylic acids is 1. The van der Waals surface area contributed by atoms with E-state index in [2.05, 4.69) is 5.32 Å². The molecular weight excluding hydrogens is 214 g/mol. The summed E-state index contributed by atoms with van der Waals surface area (Å²) in [6, 6.07) is 3.65. The summed E-state index contributed by atoms with van der Waals surface area (Å²) in [5.74, 6) is 1.77. The van der Waals surface area contributed by atoms with Crippen LogP contribution in [0.25, 0.3) is 0 Å². The van der Waals surface area contributed by atoms with Gasteiger partial charge < -0.3 is 14.8 Å². The largest absolute Gasteiger partial charge is 0.493 e. The van der Waals surface area contributed by atoms with Crippen molar-refractivity contribution in [3.63, 3.8) is 0 Å². The van der Waals surface area contributed by atoms with E-state index < -0.39 is 0 Å². The SMILES string of the molecule is COc1cc2c(cc1OC)SCC(=O)N2. The average molecular weight is 225 g/mol. The third-order valence-electron chi connectivity index (χ3n) is 2.12. The van der Waals surface area contributed by atoms with E-state index in [1.807, 2.05) is 6.07 Å². The number of hydrogen-bond donors (Lipinski definition) is 1. The Morgan fingerprint density at radius 2 is 1.93 bits per heavy atom. The summed E-state index contributed by atoms with van der Waals surface area (Å²) in [4.78, 5) is 12.2.